The minimum absolute atomic E-state index is 0.00960. The van der Waals surface area contributed by atoms with Crippen molar-refractivity contribution in [2.45, 2.75) is 190 Å². The molecule has 9 rings (SSSR count). The van der Waals surface area contributed by atoms with Crippen LogP contribution in [-0.2, 0) is 39.6 Å². The quantitative estimate of drug-likeness (QED) is 0.0901. The molecule has 4 aliphatic carbocycles. The summed E-state index contributed by atoms with van der Waals surface area (Å²) in [7, 11) is 2.09. The van der Waals surface area contributed by atoms with Crippen molar-refractivity contribution >= 4 is 46.3 Å². The van der Waals surface area contributed by atoms with E-state index >= 15 is 0 Å². The SMILES string of the molecule is CC(C)N(C)[C@@H]1CC[C@H](N2CC[C@H](Nc3ncnc4ccc(C(F)(F)F)cc34)C2=O)[C@H](NC(=O)[C@H]2CC[C@H](NC(=O)CCCO[C@H]3CC[C@H](OCCNC(=O)[C@H]4CC(=O)N(C5CC5)[C@@H]4c4cccnc4)CC3)CC2)C1. The summed E-state index contributed by atoms with van der Waals surface area (Å²) in [6.07, 6.45) is 12.3. The number of pyridine rings is 1. The van der Waals surface area contributed by atoms with Crippen LogP contribution in [0, 0.1) is 11.8 Å². The maximum Gasteiger partial charge on any atom is 0.416 e. The van der Waals surface area contributed by atoms with Crippen LogP contribution in [0.1, 0.15) is 140 Å². The van der Waals surface area contributed by atoms with Crippen LogP contribution in [0.2, 0.25) is 0 Å². The van der Waals surface area contributed by atoms with Crippen LogP contribution in [0.3, 0.4) is 0 Å². The molecule has 4 heterocycles. The van der Waals surface area contributed by atoms with Crippen LogP contribution in [0.5, 0.6) is 0 Å². The van der Waals surface area contributed by atoms with Crippen LogP contribution in [0.4, 0.5) is 19.0 Å². The molecule has 4 N–H and O–H groups in total. The molecule has 3 aromatic rings. The Morgan fingerprint density at radius 1 is 0.867 bits per heavy atom. The van der Waals surface area contributed by atoms with Crippen LogP contribution in [0.15, 0.2) is 49.1 Å². The Bertz CT molecular complexity index is 2470. The number of alkyl halides is 3. The number of fused-ring (bicyclic) bond motifs is 1. The van der Waals surface area contributed by atoms with Crippen molar-refractivity contribution in [1.82, 2.24) is 45.6 Å². The van der Waals surface area contributed by atoms with Gasteiger partial charge in [0, 0.05) is 80.4 Å². The van der Waals surface area contributed by atoms with Gasteiger partial charge in [-0.05, 0) is 147 Å². The Morgan fingerprint density at radius 2 is 1.61 bits per heavy atom. The summed E-state index contributed by atoms with van der Waals surface area (Å²) in [5.41, 5.74) is 0.411. The van der Waals surface area contributed by atoms with E-state index in [0.29, 0.717) is 95.6 Å². The van der Waals surface area contributed by atoms with Gasteiger partial charge in [0.05, 0.1) is 53.9 Å². The number of carbonyl (C=O) groups excluding carboxylic acids is 5. The van der Waals surface area contributed by atoms with Crippen LogP contribution in [0.25, 0.3) is 10.9 Å². The van der Waals surface area contributed by atoms with Crippen molar-refractivity contribution in [3.05, 3.63) is 60.2 Å². The molecule has 1 aromatic carbocycles. The molecule has 5 amide bonds. The lowest BCUT2D eigenvalue weighted by Crippen LogP contribution is -2.59. The van der Waals surface area contributed by atoms with Crippen molar-refractivity contribution in [2.24, 2.45) is 11.8 Å². The van der Waals surface area contributed by atoms with Gasteiger partial charge in [0.25, 0.3) is 0 Å². The molecule has 0 unspecified atom stereocenters. The Morgan fingerprint density at radius 3 is 2.31 bits per heavy atom. The molecule has 0 spiro atoms. The van der Waals surface area contributed by atoms with Gasteiger partial charge in [-0.2, -0.15) is 13.2 Å². The van der Waals surface area contributed by atoms with Crippen molar-refractivity contribution in [1.29, 1.82) is 0 Å². The lowest BCUT2D eigenvalue weighted by atomic mass is 9.82. The van der Waals surface area contributed by atoms with Crippen molar-refractivity contribution in [2.75, 3.05) is 38.7 Å². The topological polar surface area (TPSA) is 200 Å². The fourth-order valence-electron chi connectivity index (χ4n) is 12.3. The number of nitrogens with one attached hydrogen (secondary N) is 4. The summed E-state index contributed by atoms with van der Waals surface area (Å²) in [5.74, 6) is -0.815. The standard InChI is InChI=1S/C55H75F3N10O7/c1-33(2)66(3)39-15-21-47(67-25-22-45(54(67)73)64-51-42-28-36(55(56,57)58)10-20-44(42)61-32-62-51)46(29-39)65-52(71)34-8-11-37(12-9-34)63-48(69)7-5-26-74-40-16-18-41(19-17-40)75-27-24-60-53(72)43-30-49(70)68(38-13-14-38)50(43)35-6-4-23-59-31-35/h4,6,10,20,23,28,31-34,37-41,43,45-47,50H,5,7-9,11-19,21-22,24-27,29-30H2,1-3H3,(H,60,72)(H,63,69)(H,65,71)(H,61,62,64)/t34-,37-,39-,40-,41-,43+,45+,46-,47+,50-/m1/s1. The number of ether oxygens (including phenoxy) is 2. The second-order valence-corrected chi connectivity index (χ2v) is 22.1. The highest BCUT2D eigenvalue weighted by molar-refractivity contribution is 5.94. The van der Waals surface area contributed by atoms with E-state index in [0.717, 1.165) is 62.6 Å². The zero-order valence-corrected chi connectivity index (χ0v) is 43.6. The molecule has 17 nitrogen and oxygen atoms in total. The smallest absolute Gasteiger partial charge is 0.378 e. The highest BCUT2D eigenvalue weighted by Gasteiger charge is 2.50. The monoisotopic (exact) mass is 1040 g/mol. The van der Waals surface area contributed by atoms with Crippen molar-refractivity contribution in [3.63, 3.8) is 0 Å². The van der Waals surface area contributed by atoms with Gasteiger partial charge in [0.1, 0.15) is 18.2 Å². The first-order valence-electron chi connectivity index (χ1n) is 27.5. The van der Waals surface area contributed by atoms with E-state index in [4.69, 9.17) is 9.47 Å². The van der Waals surface area contributed by atoms with Gasteiger partial charge in [0.2, 0.25) is 29.5 Å². The van der Waals surface area contributed by atoms with E-state index in [-0.39, 0.29) is 102 Å². The molecule has 20 heteroatoms. The molecule has 0 radical (unpaired) electrons. The molecule has 408 valence electrons. The second-order valence-electron chi connectivity index (χ2n) is 22.1. The third kappa shape index (κ3) is 13.4. The summed E-state index contributed by atoms with van der Waals surface area (Å²) in [4.78, 5) is 86.1. The number of nitrogens with zero attached hydrogens (tertiary/aromatic N) is 6. The molecule has 0 bridgehead atoms. The summed E-state index contributed by atoms with van der Waals surface area (Å²) in [6, 6.07) is 6.27. The molecular formula is C55H75F3N10O7. The fourth-order valence-corrected chi connectivity index (χ4v) is 12.3. The zero-order chi connectivity index (χ0) is 52.8. The van der Waals surface area contributed by atoms with Crippen LogP contribution >= 0.6 is 0 Å². The normalized spacial score (nSPS) is 28.5. The Hall–Kier alpha value is -5.47. The third-order valence-electron chi connectivity index (χ3n) is 16.8. The maximum absolute atomic E-state index is 14.1. The van der Waals surface area contributed by atoms with Crippen molar-refractivity contribution in [3.8, 4) is 0 Å². The van der Waals surface area contributed by atoms with Crippen LogP contribution in [-0.4, -0.2) is 147 Å². The van der Waals surface area contributed by atoms with E-state index < -0.39 is 23.7 Å². The number of carbonyl (C=O) groups is 5. The number of hydrogen-bond acceptors (Lipinski definition) is 12. The van der Waals surface area contributed by atoms with E-state index in [1.165, 1.54) is 12.4 Å². The molecule has 6 fully saturated rings. The first-order valence-corrected chi connectivity index (χ1v) is 27.5. The number of rotatable bonds is 20. The Balaban J connectivity index is 0.664. The lowest BCUT2D eigenvalue weighted by Gasteiger charge is -2.45. The summed E-state index contributed by atoms with van der Waals surface area (Å²) < 4.78 is 53.2. The average molecular weight is 1050 g/mol. The van der Waals surface area contributed by atoms with Gasteiger partial charge >= 0.3 is 6.18 Å². The number of aromatic nitrogens is 3. The van der Waals surface area contributed by atoms with Gasteiger partial charge in [-0.3, -0.25) is 29.0 Å². The molecule has 75 heavy (non-hydrogen) atoms. The average Bonchev–Trinajstić information content (AvgIpc) is 4.10. The van der Waals surface area contributed by atoms with Gasteiger partial charge in [-0.25, -0.2) is 9.97 Å². The molecule has 2 aliphatic heterocycles. The minimum atomic E-state index is -4.55. The minimum Gasteiger partial charge on any atom is -0.378 e. The zero-order valence-electron chi connectivity index (χ0n) is 43.6. The highest BCUT2D eigenvalue weighted by atomic mass is 19.4. The Kier molecular flexibility index (Phi) is 17.6. The van der Waals surface area contributed by atoms with Crippen molar-refractivity contribution < 1.29 is 46.6 Å². The highest BCUT2D eigenvalue weighted by Crippen LogP contribution is 2.45. The van der Waals surface area contributed by atoms with E-state index in [1.54, 1.807) is 12.4 Å². The van der Waals surface area contributed by atoms with Gasteiger partial charge in [-0.1, -0.05) is 6.07 Å². The largest absolute Gasteiger partial charge is 0.416 e. The number of amides is 5. The lowest BCUT2D eigenvalue weighted by molar-refractivity contribution is -0.137. The molecule has 6 aliphatic rings. The third-order valence-corrected chi connectivity index (χ3v) is 16.8. The molecule has 2 saturated heterocycles. The number of halogens is 3. The molecule has 6 atom stereocenters. The van der Waals surface area contributed by atoms with E-state index in [2.05, 4.69) is 62.0 Å². The number of likely N-dealkylation sites (tertiary alicyclic amines) is 2. The number of benzene rings is 1. The molecular weight excluding hydrogens is 970 g/mol. The van der Waals surface area contributed by atoms with Gasteiger partial charge < -0.3 is 45.4 Å². The fraction of sp³-hybridized carbons (Fsp3) is 0.673. The van der Waals surface area contributed by atoms with E-state index in [9.17, 15) is 37.1 Å². The first kappa shape index (κ1) is 54.3. The predicted molar refractivity (Wildman–Crippen MR) is 274 cm³/mol. The molecule has 2 aromatic heterocycles. The second kappa shape index (κ2) is 24.2. The summed E-state index contributed by atoms with van der Waals surface area (Å²) in [6.45, 7) is 5.99. The predicted octanol–water partition coefficient (Wildman–Crippen LogP) is 6.47. The number of anilines is 1. The molecule has 4 saturated carbocycles. The number of hydrogen-bond donors (Lipinski definition) is 4. The van der Waals surface area contributed by atoms with Gasteiger partial charge in [0.15, 0.2) is 0 Å². The Labute approximate surface area is 437 Å². The summed E-state index contributed by atoms with van der Waals surface area (Å²) in [5, 5.41) is 12.9. The van der Waals surface area contributed by atoms with Gasteiger partial charge in [-0.15, -0.1) is 0 Å². The van der Waals surface area contributed by atoms with Crippen LogP contribution < -0.4 is 21.3 Å². The first-order chi connectivity index (χ1) is 36.1. The summed E-state index contributed by atoms with van der Waals surface area (Å²) >= 11 is 0. The maximum atomic E-state index is 14.1. The van der Waals surface area contributed by atoms with E-state index in [1.807, 2.05) is 21.9 Å².